The number of nitrogens with one attached hydrogen (secondary N) is 1. The van der Waals surface area contributed by atoms with Crippen LogP contribution < -0.4 is 5.32 Å². The van der Waals surface area contributed by atoms with Gasteiger partial charge in [0.2, 0.25) is 5.28 Å². The van der Waals surface area contributed by atoms with Crippen molar-refractivity contribution < 1.29 is 0 Å². The SMILES string of the molecule is CC1CCCCC1Nc1nc(Cl)nc2sc3c(c12)CCCC3. The van der Waals surface area contributed by atoms with Crippen LogP contribution >= 0.6 is 22.9 Å². The van der Waals surface area contributed by atoms with Crippen LogP contribution in [0.2, 0.25) is 5.28 Å². The molecule has 5 heteroatoms. The molecule has 0 aliphatic heterocycles. The molecule has 2 heterocycles. The lowest BCUT2D eigenvalue weighted by molar-refractivity contribution is 0.349. The lowest BCUT2D eigenvalue weighted by Gasteiger charge is -2.30. The molecular weight excluding hydrogens is 314 g/mol. The molecule has 2 unspecified atom stereocenters. The van der Waals surface area contributed by atoms with Gasteiger partial charge in [0.1, 0.15) is 10.6 Å². The predicted molar refractivity (Wildman–Crippen MR) is 94.1 cm³/mol. The van der Waals surface area contributed by atoms with Gasteiger partial charge in [-0.1, -0.05) is 19.8 Å². The van der Waals surface area contributed by atoms with Crippen molar-refractivity contribution in [2.75, 3.05) is 5.32 Å². The molecule has 0 spiro atoms. The number of fused-ring (bicyclic) bond motifs is 3. The molecule has 0 aromatic carbocycles. The Balaban J connectivity index is 1.77. The summed E-state index contributed by atoms with van der Waals surface area (Å²) in [6, 6.07) is 0.516. The molecule has 2 atom stereocenters. The third kappa shape index (κ3) is 2.61. The summed E-state index contributed by atoms with van der Waals surface area (Å²) in [7, 11) is 0. The summed E-state index contributed by atoms with van der Waals surface area (Å²) in [6.07, 6.45) is 10.1. The summed E-state index contributed by atoms with van der Waals surface area (Å²) in [5.74, 6) is 1.68. The van der Waals surface area contributed by atoms with Gasteiger partial charge in [0.25, 0.3) is 0 Å². The van der Waals surface area contributed by atoms with E-state index in [-0.39, 0.29) is 0 Å². The van der Waals surface area contributed by atoms with E-state index in [9.17, 15) is 0 Å². The maximum Gasteiger partial charge on any atom is 0.225 e. The van der Waals surface area contributed by atoms with Crippen molar-refractivity contribution >= 4 is 39.0 Å². The third-order valence-electron chi connectivity index (χ3n) is 5.22. The van der Waals surface area contributed by atoms with E-state index in [0.717, 1.165) is 17.1 Å². The maximum atomic E-state index is 6.19. The molecule has 0 amide bonds. The normalized spacial score (nSPS) is 25.2. The number of anilines is 1. The van der Waals surface area contributed by atoms with Crippen molar-refractivity contribution in [1.82, 2.24) is 9.97 Å². The Bertz CT molecular complexity index is 697. The second-order valence-electron chi connectivity index (χ2n) is 6.74. The van der Waals surface area contributed by atoms with Crippen molar-refractivity contribution in [2.45, 2.75) is 64.3 Å². The predicted octanol–water partition coefficient (Wildman–Crippen LogP) is 5.21. The van der Waals surface area contributed by atoms with Gasteiger partial charge in [-0.05, 0) is 61.6 Å². The molecule has 2 aliphatic carbocycles. The van der Waals surface area contributed by atoms with Crippen molar-refractivity contribution in [3.8, 4) is 0 Å². The Morgan fingerprint density at radius 3 is 2.77 bits per heavy atom. The highest BCUT2D eigenvalue weighted by Crippen LogP contribution is 2.40. The zero-order valence-electron chi connectivity index (χ0n) is 13.0. The second-order valence-corrected chi connectivity index (χ2v) is 8.17. The smallest absolute Gasteiger partial charge is 0.225 e. The minimum Gasteiger partial charge on any atom is -0.366 e. The molecule has 4 rings (SSSR count). The molecule has 2 aliphatic rings. The fraction of sp³-hybridized carbons (Fsp3) is 0.647. The molecular formula is C17H22ClN3S. The highest BCUT2D eigenvalue weighted by atomic mass is 35.5. The number of halogens is 1. The van der Waals surface area contributed by atoms with Gasteiger partial charge in [0.05, 0.1) is 5.39 Å². The molecule has 118 valence electrons. The largest absolute Gasteiger partial charge is 0.366 e. The number of rotatable bonds is 2. The van der Waals surface area contributed by atoms with Crippen LogP contribution in [-0.2, 0) is 12.8 Å². The van der Waals surface area contributed by atoms with Crippen molar-refractivity contribution in [3.05, 3.63) is 15.7 Å². The number of hydrogen-bond donors (Lipinski definition) is 1. The fourth-order valence-corrected chi connectivity index (χ4v) is 5.42. The van der Waals surface area contributed by atoms with Gasteiger partial charge < -0.3 is 5.32 Å². The topological polar surface area (TPSA) is 37.8 Å². The van der Waals surface area contributed by atoms with Crippen LogP contribution in [0.25, 0.3) is 10.2 Å². The summed E-state index contributed by atoms with van der Waals surface area (Å²) in [6.45, 7) is 2.35. The Labute approximate surface area is 140 Å². The van der Waals surface area contributed by atoms with E-state index in [4.69, 9.17) is 11.6 Å². The lowest BCUT2D eigenvalue weighted by atomic mass is 9.86. The summed E-state index contributed by atoms with van der Waals surface area (Å²) < 4.78 is 0. The minimum absolute atomic E-state index is 0.372. The van der Waals surface area contributed by atoms with Gasteiger partial charge in [-0.3, -0.25) is 0 Å². The van der Waals surface area contributed by atoms with Gasteiger partial charge in [-0.2, -0.15) is 0 Å². The van der Waals surface area contributed by atoms with Crippen molar-refractivity contribution in [3.63, 3.8) is 0 Å². The van der Waals surface area contributed by atoms with E-state index in [0.29, 0.717) is 17.2 Å². The quantitative estimate of drug-likeness (QED) is 0.765. The summed E-state index contributed by atoms with van der Waals surface area (Å²) in [4.78, 5) is 11.6. The molecule has 1 fully saturated rings. The summed E-state index contributed by atoms with van der Waals surface area (Å²) in [5.41, 5.74) is 1.48. The second kappa shape index (κ2) is 5.97. The highest BCUT2D eigenvalue weighted by molar-refractivity contribution is 7.19. The van der Waals surface area contributed by atoms with Crippen LogP contribution in [0, 0.1) is 5.92 Å². The molecule has 3 nitrogen and oxygen atoms in total. The number of nitrogens with zero attached hydrogens (tertiary/aromatic N) is 2. The highest BCUT2D eigenvalue weighted by Gasteiger charge is 2.25. The molecule has 1 saturated carbocycles. The van der Waals surface area contributed by atoms with Crippen molar-refractivity contribution in [2.24, 2.45) is 5.92 Å². The molecule has 0 saturated heterocycles. The average molecular weight is 336 g/mol. The maximum absolute atomic E-state index is 6.19. The van der Waals surface area contributed by atoms with Gasteiger partial charge in [0.15, 0.2) is 0 Å². The molecule has 0 radical (unpaired) electrons. The van der Waals surface area contributed by atoms with E-state index >= 15 is 0 Å². The Hall–Kier alpha value is -0.870. The number of aryl methyl sites for hydroxylation is 2. The number of hydrogen-bond acceptors (Lipinski definition) is 4. The summed E-state index contributed by atoms with van der Waals surface area (Å²) >= 11 is 8.00. The van der Waals surface area contributed by atoms with Crippen LogP contribution in [0.4, 0.5) is 5.82 Å². The molecule has 2 aromatic rings. The Morgan fingerprint density at radius 2 is 1.91 bits per heavy atom. The van der Waals surface area contributed by atoms with Gasteiger partial charge in [0, 0.05) is 10.9 Å². The van der Waals surface area contributed by atoms with Crippen molar-refractivity contribution in [1.29, 1.82) is 0 Å². The Morgan fingerprint density at radius 1 is 1.09 bits per heavy atom. The van der Waals surface area contributed by atoms with Crippen LogP contribution in [0.1, 0.15) is 55.9 Å². The van der Waals surface area contributed by atoms with E-state index in [1.165, 1.54) is 60.8 Å². The molecule has 0 bridgehead atoms. The molecule has 2 aromatic heterocycles. The van der Waals surface area contributed by atoms with Crippen LogP contribution in [0.5, 0.6) is 0 Å². The minimum atomic E-state index is 0.372. The van der Waals surface area contributed by atoms with Crippen LogP contribution in [0.3, 0.4) is 0 Å². The monoisotopic (exact) mass is 335 g/mol. The first-order valence-electron chi connectivity index (χ1n) is 8.46. The van der Waals surface area contributed by atoms with E-state index in [2.05, 4.69) is 22.2 Å². The average Bonchev–Trinajstić information content (AvgIpc) is 2.87. The first-order valence-corrected chi connectivity index (χ1v) is 9.66. The first kappa shape index (κ1) is 14.7. The van der Waals surface area contributed by atoms with E-state index in [1.807, 2.05) is 11.3 Å². The lowest BCUT2D eigenvalue weighted by Crippen LogP contribution is -2.30. The number of thiophene rings is 1. The van der Waals surface area contributed by atoms with Gasteiger partial charge in [-0.15, -0.1) is 11.3 Å². The molecule has 1 N–H and O–H groups in total. The Kier molecular flexibility index (Phi) is 3.99. The zero-order chi connectivity index (χ0) is 15.1. The summed E-state index contributed by atoms with van der Waals surface area (Å²) in [5, 5.41) is 5.35. The number of aromatic nitrogens is 2. The molecule has 22 heavy (non-hydrogen) atoms. The van der Waals surface area contributed by atoms with Gasteiger partial charge in [-0.25, -0.2) is 9.97 Å². The van der Waals surface area contributed by atoms with Crippen LogP contribution in [0.15, 0.2) is 0 Å². The first-order chi connectivity index (χ1) is 10.7. The van der Waals surface area contributed by atoms with Gasteiger partial charge >= 0.3 is 0 Å². The standard InChI is InChI=1S/C17H22ClN3S/c1-10-6-2-4-8-12(10)19-15-14-11-7-3-5-9-13(11)22-16(14)21-17(18)20-15/h10,12H,2-9H2,1H3,(H,19,20,21). The zero-order valence-corrected chi connectivity index (χ0v) is 14.6. The van der Waals surface area contributed by atoms with E-state index < -0.39 is 0 Å². The third-order valence-corrected chi connectivity index (χ3v) is 6.58. The fourth-order valence-electron chi connectivity index (χ4n) is 3.94. The van der Waals surface area contributed by atoms with E-state index in [1.54, 1.807) is 0 Å². The van der Waals surface area contributed by atoms with Crippen LogP contribution in [-0.4, -0.2) is 16.0 Å².